The summed E-state index contributed by atoms with van der Waals surface area (Å²) >= 11 is 0. The molecule has 17 heavy (non-hydrogen) atoms. The Balaban J connectivity index is 0.00000144. The number of ether oxygens (including phenoxy) is 1. The molecule has 2 aliphatic rings. The Labute approximate surface area is 121 Å². The molecule has 1 heterocycles. The summed E-state index contributed by atoms with van der Waals surface area (Å²) < 4.78 is 5.66. The summed E-state index contributed by atoms with van der Waals surface area (Å²) in [6, 6.07) is 0.648. The van der Waals surface area contributed by atoms with Crippen molar-refractivity contribution in [2.75, 3.05) is 20.2 Å². The average Bonchev–Trinajstić information content (AvgIpc) is 3.13. The van der Waals surface area contributed by atoms with Crippen LogP contribution in [0.1, 0.15) is 38.5 Å². The predicted octanol–water partition coefficient (Wildman–Crippen LogP) is 1.97. The van der Waals surface area contributed by atoms with Gasteiger partial charge in [0.2, 0.25) is 0 Å². The van der Waals surface area contributed by atoms with Crippen LogP contribution in [-0.4, -0.2) is 43.2 Å². The van der Waals surface area contributed by atoms with Crippen molar-refractivity contribution in [1.82, 2.24) is 4.90 Å². The minimum Gasteiger partial charge on any atom is -0.378 e. The maximum absolute atomic E-state index is 5.91. The van der Waals surface area contributed by atoms with Crippen molar-refractivity contribution in [1.29, 1.82) is 0 Å². The van der Waals surface area contributed by atoms with Crippen molar-refractivity contribution in [3.63, 3.8) is 0 Å². The Morgan fingerprint density at radius 2 is 2.12 bits per heavy atom. The first-order chi connectivity index (χ1) is 7.77. The summed E-state index contributed by atoms with van der Waals surface area (Å²) in [5.74, 6) is 0.693. The second-order valence-electron chi connectivity index (χ2n) is 4.86. The SMILES string of the molecule is CN(C(N)=NCCC1CCCCO1)C1CC1.I. The molecule has 0 aromatic rings. The molecule has 1 saturated heterocycles. The van der Waals surface area contributed by atoms with Crippen LogP contribution < -0.4 is 5.73 Å². The fourth-order valence-corrected chi connectivity index (χ4v) is 2.12. The number of guanidine groups is 1. The van der Waals surface area contributed by atoms with Crippen molar-refractivity contribution >= 4 is 29.9 Å². The third-order valence-electron chi connectivity index (χ3n) is 3.45. The van der Waals surface area contributed by atoms with Gasteiger partial charge in [-0.25, -0.2) is 0 Å². The molecular weight excluding hydrogens is 329 g/mol. The smallest absolute Gasteiger partial charge is 0.191 e. The zero-order valence-electron chi connectivity index (χ0n) is 10.6. The molecule has 1 unspecified atom stereocenters. The van der Waals surface area contributed by atoms with Crippen LogP contribution in [0.5, 0.6) is 0 Å². The Kier molecular flexibility index (Phi) is 6.54. The van der Waals surface area contributed by atoms with Gasteiger partial charge in [-0.2, -0.15) is 0 Å². The van der Waals surface area contributed by atoms with E-state index in [0.717, 1.165) is 19.6 Å². The molecule has 5 heteroatoms. The molecule has 1 aliphatic heterocycles. The summed E-state index contributed by atoms with van der Waals surface area (Å²) in [4.78, 5) is 6.52. The first-order valence-corrected chi connectivity index (χ1v) is 6.41. The summed E-state index contributed by atoms with van der Waals surface area (Å²) in [6.45, 7) is 1.72. The molecular formula is C12H24IN3O. The van der Waals surface area contributed by atoms with Gasteiger partial charge in [0.15, 0.2) is 5.96 Å². The molecule has 0 radical (unpaired) electrons. The van der Waals surface area contributed by atoms with Gasteiger partial charge in [-0.3, -0.25) is 4.99 Å². The van der Waals surface area contributed by atoms with Crippen LogP contribution in [0.3, 0.4) is 0 Å². The van der Waals surface area contributed by atoms with E-state index < -0.39 is 0 Å². The highest BCUT2D eigenvalue weighted by atomic mass is 127. The number of hydrogen-bond donors (Lipinski definition) is 1. The van der Waals surface area contributed by atoms with Gasteiger partial charge in [0.1, 0.15) is 0 Å². The molecule has 4 nitrogen and oxygen atoms in total. The predicted molar refractivity (Wildman–Crippen MR) is 80.9 cm³/mol. The summed E-state index contributed by atoms with van der Waals surface area (Å²) in [5, 5.41) is 0. The van der Waals surface area contributed by atoms with E-state index in [0.29, 0.717) is 18.1 Å². The molecule has 100 valence electrons. The standard InChI is InChI=1S/C12H23N3O.HI/c1-15(10-5-6-10)12(13)14-8-7-11-4-2-3-9-16-11;/h10-11H,2-9H2,1H3,(H2,13,14);1H. The van der Waals surface area contributed by atoms with Crippen LogP contribution in [0.2, 0.25) is 0 Å². The third-order valence-corrected chi connectivity index (χ3v) is 3.45. The van der Waals surface area contributed by atoms with Crippen molar-refractivity contribution in [2.24, 2.45) is 10.7 Å². The van der Waals surface area contributed by atoms with E-state index in [2.05, 4.69) is 9.89 Å². The van der Waals surface area contributed by atoms with E-state index >= 15 is 0 Å². The molecule has 0 amide bonds. The van der Waals surface area contributed by atoms with Gasteiger partial charge in [0, 0.05) is 26.2 Å². The lowest BCUT2D eigenvalue weighted by molar-refractivity contribution is 0.0129. The lowest BCUT2D eigenvalue weighted by atomic mass is 10.1. The number of nitrogens with two attached hydrogens (primary N) is 1. The van der Waals surface area contributed by atoms with E-state index in [-0.39, 0.29) is 24.0 Å². The molecule has 0 spiro atoms. The fourth-order valence-electron chi connectivity index (χ4n) is 2.12. The quantitative estimate of drug-likeness (QED) is 0.478. The molecule has 1 atom stereocenters. The van der Waals surface area contributed by atoms with Gasteiger partial charge >= 0.3 is 0 Å². The largest absolute Gasteiger partial charge is 0.378 e. The average molecular weight is 353 g/mol. The van der Waals surface area contributed by atoms with E-state index in [9.17, 15) is 0 Å². The number of aliphatic imine (C=N–C) groups is 1. The highest BCUT2D eigenvalue weighted by molar-refractivity contribution is 14.0. The molecule has 0 bridgehead atoms. The lowest BCUT2D eigenvalue weighted by Gasteiger charge is -2.22. The molecule has 0 aromatic carbocycles. The second kappa shape index (κ2) is 7.41. The topological polar surface area (TPSA) is 50.8 Å². The second-order valence-corrected chi connectivity index (χ2v) is 4.86. The first-order valence-electron chi connectivity index (χ1n) is 6.41. The van der Waals surface area contributed by atoms with E-state index in [1.165, 1.54) is 32.1 Å². The van der Waals surface area contributed by atoms with Crippen molar-refractivity contribution in [2.45, 2.75) is 50.7 Å². The number of nitrogens with zero attached hydrogens (tertiary/aromatic N) is 2. The number of hydrogen-bond acceptors (Lipinski definition) is 2. The molecule has 2 fully saturated rings. The molecule has 1 aliphatic carbocycles. The Hall–Kier alpha value is -0.0400. The number of rotatable bonds is 4. The van der Waals surface area contributed by atoms with E-state index in [1.54, 1.807) is 0 Å². The summed E-state index contributed by atoms with van der Waals surface area (Å²) in [5.41, 5.74) is 5.91. The van der Waals surface area contributed by atoms with E-state index in [1.807, 2.05) is 7.05 Å². The van der Waals surface area contributed by atoms with E-state index in [4.69, 9.17) is 10.5 Å². The Morgan fingerprint density at radius 1 is 1.35 bits per heavy atom. The normalized spacial score (nSPS) is 25.2. The fraction of sp³-hybridized carbons (Fsp3) is 0.917. The van der Waals surface area contributed by atoms with Crippen LogP contribution in [0, 0.1) is 0 Å². The Morgan fingerprint density at radius 3 is 2.71 bits per heavy atom. The van der Waals surface area contributed by atoms with Gasteiger partial charge in [-0.1, -0.05) is 0 Å². The molecule has 2 rings (SSSR count). The zero-order valence-corrected chi connectivity index (χ0v) is 12.9. The van der Waals surface area contributed by atoms with Gasteiger partial charge in [-0.05, 0) is 38.5 Å². The highest BCUT2D eigenvalue weighted by Crippen LogP contribution is 2.24. The van der Waals surface area contributed by atoms with Crippen molar-refractivity contribution < 1.29 is 4.74 Å². The van der Waals surface area contributed by atoms with Crippen LogP contribution >= 0.6 is 24.0 Å². The molecule has 2 N–H and O–H groups in total. The summed E-state index contributed by atoms with van der Waals surface area (Å²) in [7, 11) is 2.04. The maximum Gasteiger partial charge on any atom is 0.191 e. The Bertz CT molecular complexity index is 250. The van der Waals surface area contributed by atoms with Gasteiger partial charge < -0.3 is 15.4 Å². The van der Waals surface area contributed by atoms with Crippen LogP contribution in [-0.2, 0) is 4.74 Å². The van der Waals surface area contributed by atoms with Crippen molar-refractivity contribution in [3.05, 3.63) is 0 Å². The first kappa shape index (κ1) is 15.0. The van der Waals surface area contributed by atoms with Crippen LogP contribution in [0.25, 0.3) is 0 Å². The molecule has 1 saturated carbocycles. The van der Waals surface area contributed by atoms with Crippen LogP contribution in [0.15, 0.2) is 4.99 Å². The zero-order chi connectivity index (χ0) is 11.4. The van der Waals surface area contributed by atoms with Gasteiger partial charge in [-0.15, -0.1) is 24.0 Å². The van der Waals surface area contributed by atoms with Gasteiger partial charge in [0.25, 0.3) is 0 Å². The lowest BCUT2D eigenvalue weighted by Crippen LogP contribution is -2.36. The monoisotopic (exact) mass is 353 g/mol. The van der Waals surface area contributed by atoms with Gasteiger partial charge in [0.05, 0.1) is 6.10 Å². The van der Waals surface area contributed by atoms with Crippen molar-refractivity contribution in [3.8, 4) is 0 Å². The minimum absolute atomic E-state index is 0. The maximum atomic E-state index is 5.91. The summed E-state index contributed by atoms with van der Waals surface area (Å²) in [6.07, 6.45) is 7.65. The minimum atomic E-state index is 0. The highest BCUT2D eigenvalue weighted by Gasteiger charge is 2.27. The van der Waals surface area contributed by atoms with Crippen LogP contribution in [0.4, 0.5) is 0 Å². The third kappa shape index (κ3) is 4.99. The molecule has 0 aromatic heterocycles. The number of halogens is 1.